The molecular weight excluding hydrogens is 223 g/mol. The summed E-state index contributed by atoms with van der Waals surface area (Å²) in [6, 6.07) is 2.57. The molecule has 1 amide bonds. The molecule has 1 rings (SSSR count). The van der Waals surface area contributed by atoms with Gasteiger partial charge in [0.25, 0.3) is 5.91 Å². The molecule has 0 saturated heterocycles. The molecule has 0 atom stereocenters. The van der Waals surface area contributed by atoms with Crippen molar-refractivity contribution < 1.29 is 13.9 Å². The Morgan fingerprint density at radius 2 is 2.41 bits per heavy atom. The Hall–Kier alpha value is -1.75. The lowest BCUT2D eigenvalue weighted by molar-refractivity contribution is 0.0717. The van der Waals surface area contributed by atoms with Crippen LogP contribution in [0.3, 0.4) is 0 Å². The smallest absolute Gasteiger partial charge is 0.255 e. The van der Waals surface area contributed by atoms with Crippen molar-refractivity contribution in [1.29, 1.82) is 0 Å². The number of methoxy groups -OCH3 is 1. The second-order valence-electron chi connectivity index (χ2n) is 3.40. The van der Waals surface area contributed by atoms with E-state index in [1.54, 1.807) is 18.1 Å². The third-order valence-corrected chi connectivity index (χ3v) is 2.18. The number of halogens is 1. The number of carbonyl (C=O) groups excluding carboxylic acids is 1. The molecule has 0 aromatic carbocycles. The minimum Gasteiger partial charge on any atom is -0.383 e. The average molecular weight is 238 g/mol. The van der Waals surface area contributed by atoms with Gasteiger partial charge in [0, 0.05) is 26.4 Å². The van der Waals surface area contributed by atoms with Gasteiger partial charge >= 0.3 is 0 Å². The maximum absolute atomic E-state index is 12.6. The predicted molar refractivity (Wildman–Crippen MR) is 62.2 cm³/mol. The fourth-order valence-electron chi connectivity index (χ4n) is 1.32. The molecule has 4 nitrogen and oxygen atoms in total. The molecule has 0 N–H and O–H groups in total. The third-order valence-electron chi connectivity index (χ3n) is 2.18. The first-order valence-electron chi connectivity index (χ1n) is 5.19. The van der Waals surface area contributed by atoms with Crippen LogP contribution in [0, 0.1) is 5.95 Å². The van der Waals surface area contributed by atoms with E-state index in [0.29, 0.717) is 25.3 Å². The fourth-order valence-corrected chi connectivity index (χ4v) is 1.32. The van der Waals surface area contributed by atoms with E-state index in [1.807, 2.05) is 0 Å². The summed E-state index contributed by atoms with van der Waals surface area (Å²) in [5.74, 6) is -0.817. The van der Waals surface area contributed by atoms with Gasteiger partial charge in [0.05, 0.1) is 12.2 Å². The number of nitrogens with zero attached hydrogens (tertiary/aromatic N) is 2. The highest BCUT2D eigenvalue weighted by Crippen LogP contribution is 2.04. The normalized spacial score (nSPS) is 10.0. The maximum Gasteiger partial charge on any atom is 0.255 e. The highest BCUT2D eigenvalue weighted by atomic mass is 19.1. The van der Waals surface area contributed by atoms with Crippen molar-refractivity contribution in [2.75, 3.05) is 26.8 Å². The second kappa shape index (κ2) is 6.75. The van der Waals surface area contributed by atoms with E-state index in [1.165, 1.54) is 12.3 Å². The van der Waals surface area contributed by atoms with E-state index in [2.05, 4.69) is 11.6 Å². The second-order valence-corrected chi connectivity index (χ2v) is 3.40. The Morgan fingerprint density at radius 1 is 1.65 bits per heavy atom. The van der Waals surface area contributed by atoms with Crippen LogP contribution in [0.2, 0.25) is 0 Å². The maximum atomic E-state index is 12.6. The first-order chi connectivity index (χ1) is 8.19. The minimum atomic E-state index is -0.603. The number of pyridine rings is 1. The first kappa shape index (κ1) is 13.3. The van der Waals surface area contributed by atoms with Crippen LogP contribution in [0.1, 0.15) is 10.4 Å². The number of aromatic nitrogens is 1. The Bertz CT molecular complexity index is 379. The van der Waals surface area contributed by atoms with E-state index in [9.17, 15) is 9.18 Å². The summed E-state index contributed by atoms with van der Waals surface area (Å²) >= 11 is 0. The lowest BCUT2D eigenvalue weighted by Crippen LogP contribution is -2.34. The molecule has 0 fully saturated rings. The van der Waals surface area contributed by atoms with Crippen molar-refractivity contribution in [3.8, 4) is 0 Å². The van der Waals surface area contributed by atoms with Crippen LogP contribution in [0.5, 0.6) is 0 Å². The molecule has 0 radical (unpaired) electrons. The number of carbonyl (C=O) groups is 1. The largest absolute Gasteiger partial charge is 0.383 e. The molecule has 17 heavy (non-hydrogen) atoms. The quantitative estimate of drug-likeness (QED) is 0.557. The highest BCUT2D eigenvalue weighted by molar-refractivity contribution is 5.93. The van der Waals surface area contributed by atoms with Gasteiger partial charge in [-0.25, -0.2) is 4.98 Å². The molecular formula is C12H15FN2O2. The summed E-state index contributed by atoms with van der Waals surface area (Å²) in [5, 5.41) is 0. The molecule has 1 heterocycles. The van der Waals surface area contributed by atoms with Gasteiger partial charge in [0.2, 0.25) is 5.95 Å². The molecule has 5 heteroatoms. The summed E-state index contributed by atoms with van der Waals surface area (Å²) < 4.78 is 17.5. The zero-order valence-electron chi connectivity index (χ0n) is 9.73. The minimum absolute atomic E-state index is 0.213. The van der Waals surface area contributed by atoms with Crippen molar-refractivity contribution >= 4 is 5.91 Å². The molecule has 0 bridgehead atoms. The summed E-state index contributed by atoms with van der Waals surface area (Å²) in [4.78, 5) is 17.0. The van der Waals surface area contributed by atoms with Crippen LogP contribution < -0.4 is 0 Å². The van der Waals surface area contributed by atoms with Crippen molar-refractivity contribution in [3.05, 3.63) is 42.5 Å². The fraction of sp³-hybridized carbons (Fsp3) is 0.333. The Balaban J connectivity index is 2.75. The average Bonchev–Trinajstić information content (AvgIpc) is 2.34. The standard InChI is InChI=1S/C12H15FN2O2/c1-3-6-15(7-8-17-2)12(16)10-4-5-11(13)14-9-10/h3-5,9H,1,6-8H2,2H3. The van der Waals surface area contributed by atoms with Gasteiger partial charge in [-0.1, -0.05) is 6.08 Å². The highest BCUT2D eigenvalue weighted by Gasteiger charge is 2.14. The summed E-state index contributed by atoms with van der Waals surface area (Å²) in [5.41, 5.74) is 0.351. The zero-order valence-corrected chi connectivity index (χ0v) is 9.73. The van der Waals surface area contributed by atoms with Gasteiger partial charge in [-0.3, -0.25) is 4.79 Å². The molecule has 0 aliphatic heterocycles. The number of ether oxygens (including phenoxy) is 1. The third kappa shape index (κ3) is 3.96. The zero-order chi connectivity index (χ0) is 12.7. The van der Waals surface area contributed by atoms with Gasteiger partial charge < -0.3 is 9.64 Å². The molecule has 0 aliphatic rings. The van der Waals surface area contributed by atoms with Crippen LogP contribution in [-0.2, 0) is 4.74 Å². The van der Waals surface area contributed by atoms with E-state index >= 15 is 0 Å². The van der Waals surface area contributed by atoms with Crippen LogP contribution in [-0.4, -0.2) is 42.6 Å². The van der Waals surface area contributed by atoms with Crippen LogP contribution >= 0.6 is 0 Å². The monoisotopic (exact) mass is 238 g/mol. The topological polar surface area (TPSA) is 42.4 Å². The van der Waals surface area contributed by atoms with Gasteiger partial charge in [0.1, 0.15) is 0 Å². The Kier molecular flexibility index (Phi) is 5.29. The van der Waals surface area contributed by atoms with Crippen LogP contribution in [0.4, 0.5) is 4.39 Å². The van der Waals surface area contributed by atoms with Gasteiger partial charge in [-0.05, 0) is 12.1 Å². The molecule has 0 spiro atoms. The molecule has 0 aliphatic carbocycles. The Morgan fingerprint density at radius 3 is 2.94 bits per heavy atom. The van der Waals surface area contributed by atoms with E-state index in [-0.39, 0.29) is 5.91 Å². The summed E-state index contributed by atoms with van der Waals surface area (Å²) in [6.07, 6.45) is 2.85. The summed E-state index contributed by atoms with van der Waals surface area (Å²) in [7, 11) is 1.57. The SMILES string of the molecule is C=CCN(CCOC)C(=O)c1ccc(F)nc1. The van der Waals surface area contributed by atoms with Gasteiger partial charge in [-0.2, -0.15) is 4.39 Å². The lowest BCUT2D eigenvalue weighted by atomic mass is 10.2. The number of hydrogen-bond acceptors (Lipinski definition) is 3. The molecule has 1 aromatic heterocycles. The van der Waals surface area contributed by atoms with Crippen molar-refractivity contribution in [2.45, 2.75) is 0 Å². The number of rotatable bonds is 6. The molecule has 1 aromatic rings. The summed E-state index contributed by atoms with van der Waals surface area (Å²) in [6.45, 7) is 4.90. The van der Waals surface area contributed by atoms with Gasteiger partial charge in [-0.15, -0.1) is 6.58 Å². The molecule has 0 unspecified atom stereocenters. The van der Waals surface area contributed by atoms with E-state index < -0.39 is 5.95 Å². The van der Waals surface area contributed by atoms with Crippen LogP contribution in [0.25, 0.3) is 0 Å². The number of hydrogen-bond donors (Lipinski definition) is 0. The van der Waals surface area contributed by atoms with Crippen molar-refractivity contribution in [3.63, 3.8) is 0 Å². The molecule has 92 valence electrons. The number of amides is 1. The van der Waals surface area contributed by atoms with Crippen LogP contribution in [0.15, 0.2) is 31.0 Å². The van der Waals surface area contributed by atoms with Crippen molar-refractivity contribution in [2.24, 2.45) is 0 Å². The van der Waals surface area contributed by atoms with Gasteiger partial charge in [0.15, 0.2) is 0 Å². The first-order valence-corrected chi connectivity index (χ1v) is 5.19. The van der Waals surface area contributed by atoms with E-state index in [0.717, 1.165) is 6.07 Å². The Labute approximate surface area is 99.7 Å². The van der Waals surface area contributed by atoms with E-state index in [4.69, 9.17) is 4.74 Å². The lowest BCUT2D eigenvalue weighted by Gasteiger charge is -2.20. The molecule has 0 saturated carbocycles. The van der Waals surface area contributed by atoms with Crippen molar-refractivity contribution in [1.82, 2.24) is 9.88 Å². The predicted octanol–water partition coefficient (Wildman–Crippen LogP) is 1.50.